The first-order chi connectivity index (χ1) is 9.63. The fourth-order valence-corrected chi connectivity index (χ4v) is 2.47. The lowest BCUT2D eigenvalue weighted by molar-refractivity contribution is 0.849. The number of nitrogens with one attached hydrogen (secondary N) is 2. The Morgan fingerprint density at radius 3 is 2.70 bits per heavy atom. The fraction of sp³-hybridized carbons (Fsp3) is 0. The minimum atomic E-state index is -1.08. The van der Waals surface area contributed by atoms with E-state index in [1.165, 1.54) is 11.3 Å². The molecule has 0 aromatic carbocycles. The molecule has 3 aromatic heterocycles. The van der Waals surface area contributed by atoms with Crippen LogP contribution in [0.25, 0.3) is 16.3 Å². The van der Waals surface area contributed by atoms with Crippen LogP contribution in [0, 0.1) is 11.3 Å². The maximum Gasteiger partial charge on any atom is 0.328 e. The monoisotopic (exact) mass is 287 g/mol. The molecule has 9 heteroatoms. The molecule has 2 N–H and O–H groups in total. The molecule has 0 saturated carbocycles. The largest absolute Gasteiger partial charge is 0.328 e. The Balaban J connectivity index is 2.57. The molecule has 3 heterocycles. The van der Waals surface area contributed by atoms with Gasteiger partial charge in [-0.2, -0.15) is 5.26 Å². The molecule has 3 aromatic rings. The summed E-state index contributed by atoms with van der Waals surface area (Å²) in [6, 6.07) is 5.19. The van der Waals surface area contributed by atoms with Gasteiger partial charge in [-0.25, -0.2) is 9.38 Å². The number of fused-ring (bicyclic) bond motifs is 1. The molecule has 0 unspecified atom stereocenters. The summed E-state index contributed by atoms with van der Waals surface area (Å²) >= 11 is 1.30. The van der Waals surface area contributed by atoms with Crippen LogP contribution in [-0.2, 0) is 0 Å². The van der Waals surface area contributed by atoms with Crippen LogP contribution >= 0.6 is 11.3 Å². The minimum Gasteiger partial charge on any atom is -0.267 e. The second-order valence-electron chi connectivity index (χ2n) is 3.77. The van der Waals surface area contributed by atoms with Crippen molar-refractivity contribution in [2.24, 2.45) is 0 Å². The third kappa shape index (κ3) is 1.59. The molecule has 98 valence electrons. The summed E-state index contributed by atoms with van der Waals surface area (Å²) in [4.78, 5) is 39.8. The molecule has 0 radical (unpaired) electrons. The van der Waals surface area contributed by atoms with Crippen molar-refractivity contribution in [3.05, 3.63) is 54.1 Å². The van der Waals surface area contributed by atoms with Crippen LogP contribution in [0.2, 0.25) is 0 Å². The van der Waals surface area contributed by atoms with Crippen molar-refractivity contribution < 1.29 is 0 Å². The Morgan fingerprint density at radius 1 is 1.25 bits per heavy atom. The van der Waals surface area contributed by atoms with Gasteiger partial charge in [0.2, 0.25) is 5.78 Å². The summed E-state index contributed by atoms with van der Waals surface area (Å²) in [5, 5.41) is 15.3. The predicted octanol–water partition coefficient (Wildman–Crippen LogP) is -0.329. The topological polar surface area (TPSA) is 124 Å². The quantitative estimate of drug-likeness (QED) is 0.593. The van der Waals surface area contributed by atoms with E-state index in [9.17, 15) is 14.4 Å². The molecule has 0 fully saturated rings. The van der Waals surface area contributed by atoms with E-state index in [2.05, 4.69) is 15.2 Å². The normalized spacial score (nSPS) is 10.6. The zero-order valence-corrected chi connectivity index (χ0v) is 10.5. The average molecular weight is 287 g/mol. The van der Waals surface area contributed by atoms with Crippen LogP contribution in [0.4, 0.5) is 0 Å². The van der Waals surface area contributed by atoms with E-state index in [-0.39, 0.29) is 17.0 Å². The van der Waals surface area contributed by atoms with Crippen LogP contribution in [0.3, 0.4) is 0 Å². The van der Waals surface area contributed by atoms with Gasteiger partial charge >= 0.3 is 11.1 Å². The molecule has 0 amide bonds. The first-order valence-electron chi connectivity index (χ1n) is 5.35. The Kier molecular flexibility index (Phi) is 2.59. The Hall–Kier alpha value is -2.99. The van der Waals surface area contributed by atoms with E-state index >= 15 is 0 Å². The smallest absolute Gasteiger partial charge is 0.267 e. The number of nitrogens with zero attached hydrogens (tertiary/aromatic N) is 3. The van der Waals surface area contributed by atoms with E-state index in [1.807, 2.05) is 0 Å². The zero-order valence-electron chi connectivity index (χ0n) is 9.71. The molecule has 0 aliphatic carbocycles. The first kappa shape index (κ1) is 12.1. The van der Waals surface area contributed by atoms with Crippen molar-refractivity contribution in [2.75, 3.05) is 0 Å². The lowest BCUT2D eigenvalue weighted by Crippen LogP contribution is -2.41. The van der Waals surface area contributed by atoms with Crippen molar-refractivity contribution in [1.29, 1.82) is 5.26 Å². The fourth-order valence-electron chi connectivity index (χ4n) is 1.75. The van der Waals surface area contributed by atoms with Crippen molar-refractivity contribution in [1.82, 2.24) is 19.6 Å². The van der Waals surface area contributed by atoms with Gasteiger partial charge in [0.05, 0.1) is 4.88 Å². The van der Waals surface area contributed by atoms with Crippen molar-refractivity contribution in [3.63, 3.8) is 0 Å². The number of hydrogen-bond donors (Lipinski definition) is 2. The molecule has 0 bridgehead atoms. The lowest BCUT2D eigenvalue weighted by Gasteiger charge is -2.03. The maximum atomic E-state index is 12.2. The number of hydrogen-bond acceptors (Lipinski definition) is 6. The van der Waals surface area contributed by atoms with Gasteiger partial charge in [-0.3, -0.25) is 24.6 Å². The van der Waals surface area contributed by atoms with E-state index in [0.29, 0.717) is 9.28 Å². The number of aromatic amines is 2. The SMILES string of the molecule is N#Cc1c(-c2cccs2)nc2[nH][nH]c(=O)c(=O)n2c1=O. The molecule has 0 aliphatic heterocycles. The van der Waals surface area contributed by atoms with Crippen molar-refractivity contribution >= 4 is 17.1 Å². The Morgan fingerprint density at radius 2 is 2.05 bits per heavy atom. The third-order valence-corrected chi connectivity index (χ3v) is 3.51. The van der Waals surface area contributed by atoms with Crippen LogP contribution in [0.1, 0.15) is 5.56 Å². The number of rotatable bonds is 1. The van der Waals surface area contributed by atoms with Crippen LogP contribution in [0.15, 0.2) is 31.9 Å². The maximum absolute atomic E-state index is 12.2. The van der Waals surface area contributed by atoms with Crippen LogP contribution in [0.5, 0.6) is 0 Å². The second-order valence-corrected chi connectivity index (χ2v) is 4.72. The molecule has 8 nitrogen and oxygen atoms in total. The number of aromatic nitrogens is 4. The molecular weight excluding hydrogens is 282 g/mol. The van der Waals surface area contributed by atoms with Gasteiger partial charge in [-0.1, -0.05) is 6.07 Å². The summed E-state index contributed by atoms with van der Waals surface area (Å²) in [5.41, 5.74) is -3.04. The van der Waals surface area contributed by atoms with E-state index < -0.39 is 16.7 Å². The van der Waals surface area contributed by atoms with Crippen molar-refractivity contribution in [3.8, 4) is 16.6 Å². The summed E-state index contributed by atoms with van der Waals surface area (Å²) in [6.07, 6.45) is 0. The average Bonchev–Trinajstić information content (AvgIpc) is 2.96. The highest BCUT2D eigenvalue weighted by atomic mass is 32.1. The number of H-pyrrole nitrogens is 2. The highest BCUT2D eigenvalue weighted by molar-refractivity contribution is 7.13. The first-order valence-corrected chi connectivity index (χ1v) is 6.23. The second kappa shape index (κ2) is 4.29. The van der Waals surface area contributed by atoms with Gasteiger partial charge in [0.15, 0.2) is 0 Å². The van der Waals surface area contributed by atoms with Crippen LogP contribution < -0.4 is 16.7 Å². The van der Waals surface area contributed by atoms with Gasteiger partial charge in [-0.05, 0) is 11.4 Å². The summed E-state index contributed by atoms with van der Waals surface area (Å²) in [5.74, 6) is -0.123. The molecule has 0 spiro atoms. The van der Waals surface area contributed by atoms with Gasteiger partial charge < -0.3 is 0 Å². The predicted molar refractivity (Wildman–Crippen MR) is 70.7 cm³/mol. The molecule has 20 heavy (non-hydrogen) atoms. The summed E-state index contributed by atoms with van der Waals surface area (Å²) in [7, 11) is 0. The minimum absolute atomic E-state index is 0.123. The van der Waals surface area contributed by atoms with E-state index in [0.717, 1.165) is 0 Å². The third-order valence-electron chi connectivity index (χ3n) is 2.63. The molecule has 0 saturated heterocycles. The summed E-state index contributed by atoms with van der Waals surface area (Å²) in [6.45, 7) is 0. The zero-order chi connectivity index (χ0) is 14.3. The van der Waals surface area contributed by atoms with Gasteiger partial charge in [0.25, 0.3) is 5.56 Å². The molecule has 0 aliphatic rings. The highest BCUT2D eigenvalue weighted by Gasteiger charge is 2.17. The van der Waals surface area contributed by atoms with Gasteiger partial charge in [0.1, 0.15) is 17.3 Å². The summed E-state index contributed by atoms with van der Waals surface area (Å²) < 4.78 is 0.550. The molecule has 0 atom stereocenters. The van der Waals surface area contributed by atoms with Gasteiger partial charge in [-0.15, -0.1) is 11.3 Å². The van der Waals surface area contributed by atoms with E-state index in [1.54, 1.807) is 23.6 Å². The van der Waals surface area contributed by atoms with Crippen molar-refractivity contribution in [2.45, 2.75) is 0 Å². The van der Waals surface area contributed by atoms with Gasteiger partial charge in [0, 0.05) is 0 Å². The Labute approximate surface area is 113 Å². The standard InChI is InChI=1S/C11H5N5O3S/c12-4-5-7(6-2-1-3-20-6)13-11-15-14-8(17)10(19)16(11)9(5)18/h1-3H,(H,13,15)(H,14,17). The highest BCUT2D eigenvalue weighted by Crippen LogP contribution is 2.24. The molecular formula is C11H5N5O3S. The van der Waals surface area contributed by atoms with E-state index in [4.69, 9.17) is 5.26 Å². The lowest BCUT2D eigenvalue weighted by atomic mass is 10.2. The number of thiophene rings is 1. The Bertz CT molecular complexity index is 1020. The molecule has 3 rings (SSSR count). The van der Waals surface area contributed by atoms with Crippen LogP contribution in [-0.4, -0.2) is 19.6 Å². The number of nitriles is 1.